The average molecular weight is 331 g/mol. The van der Waals surface area contributed by atoms with Crippen molar-refractivity contribution in [3.8, 4) is 5.75 Å². The highest BCUT2D eigenvalue weighted by Gasteiger charge is 2.11. The zero-order valence-corrected chi connectivity index (χ0v) is 14.4. The van der Waals surface area contributed by atoms with Gasteiger partial charge in [0.05, 0.1) is 13.7 Å². The third-order valence-corrected chi connectivity index (χ3v) is 4.06. The first-order valence-electron chi connectivity index (χ1n) is 7.38. The minimum Gasteiger partial charge on any atom is -0.496 e. The molecule has 0 aliphatic carbocycles. The molecule has 122 valence electrons. The molecule has 5 heteroatoms. The SMILES string of the molecule is CCOCc1cc(C(=O)Nc2cccc(SC)c2)ccc1OC. The number of ether oxygens (including phenoxy) is 2. The molecule has 0 heterocycles. The zero-order chi connectivity index (χ0) is 16.7. The summed E-state index contributed by atoms with van der Waals surface area (Å²) in [5.74, 6) is 0.572. The van der Waals surface area contributed by atoms with E-state index in [0.29, 0.717) is 18.8 Å². The number of benzene rings is 2. The van der Waals surface area contributed by atoms with Gasteiger partial charge in [-0.05, 0) is 49.6 Å². The van der Waals surface area contributed by atoms with Gasteiger partial charge in [-0.1, -0.05) is 6.07 Å². The minimum absolute atomic E-state index is 0.149. The molecule has 0 atom stereocenters. The van der Waals surface area contributed by atoms with Crippen LogP contribution in [0.15, 0.2) is 47.4 Å². The third kappa shape index (κ3) is 4.74. The van der Waals surface area contributed by atoms with Crippen molar-refractivity contribution in [1.29, 1.82) is 0 Å². The maximum Gasteiger partial charge on any atom is 0.255 e. The summed E-state index contributed by atoms with van der Waals surface area (Å²) in [4.78, 5) is 13.5. The fourth-order valence-corrected chi connectivity index (χ4v) is 2.61. The lowest BCUT2D eigenvalue weighted by atomic mass is 10.1. The van der Waals surface area contributed by atoms with Gasteiger partial charge in [0, 0.05) is 28.3 Å². The summed E-state index contributed by atoms with van der Waals surface area (Å²) in [5, 5.41) is 2.92. The lowest BCUT2D eigenvalue weighted by Gasteiger charge is -2.11. The lowest BCUT2D eigenvalue weighted by Crippen LogP contribution is -2.12. The van der Waals surface area contributed by atoms with Crippen molar-refractivity contribution in [3.05, 3.63) is 53.6 Å². The Balaban J connectivity index is 2.17. The summed E-state index contributed by atoms with van der Waals surface area (Å²) in [5.41, 5.74) is 2.22. The van der Waals surface area contributed by atoms with Crippen LogP contribution in [0.1, 0.15) is 22.8 Å². The summed E-state index contributed by atoms with van der Waals surface area (Å²) < 4.78 is 10.7. The molecule has 2 aromatic carbocycles. The number of anilines is 1. The molecule has 0 radical (unpaired) electrons. The van der Waals surface area contributed by atoms with E-state index in [1.54, 1.807) is 31.0 Å². The average Bonchev–Trinajstić information content (AvgIpc) is 2.59. The Labute approximate surface area is 141 Å². The van der Waals surface area contributed by atoms with E-state index >= 15 is 0 Å². The van der Waals surface area contributed by atoms with Gasteiger partial charge in [-0.3, -0.25) is 4.79 Å². The number of rotatable bonds is 7. The van der Waals surface area contributed by atoms with Gasteiger partial charge in [0.25, 0.3) is 5.91 Å². The monoisotopic (exact) mass is 331 g/mol. The van der Waals surface area contributed by atoms with E-state index in [0.717, 1.165) is 21.9 Å². The maximum atomic E-state index is 12.4. The van der Waals surface area contributed by atoms with Crippen LogP contribution in [0.3, 0.4) is 0 Å². The molecule has 0 fully saturated rings. The molecule has 4 nitrogen and oxygen atoms in total. The summed E-state index contributed by atoms with van der Waals surface area (Å²) in [6.07, 6.45) is 2.00. The maximum absolute atomic E-state index is 12.4. The second-order valence-corrected chi connectivity index (χ2v) is 5.73. The van der Waals surface area contributed by atoms with Crippen molar-refractivity contribution in [2.24, 2.45) is 0 Å². The van der Waals surface area contributed by atoms with E-state index in [1.165, 1.54) is 0 Å². The highest BCUT2D eigenvalue weighted by molar-refractivity contribution is 7.98. The molecule has 0 aromatic heterocycles. The molecule has 2 rings (SSSR count). The second kappa shape index (κ2) is 8.60. The summed E-state index contributed by atoms with van der Waals surface area (Å²) in [7, 11) is 1.61. The number of hydrogen-bond donors (Lipinski definition) is 1. The smallest absolute Gasteiger partial charge is 0.255 e. The third-order valence-electron chi connectivity index (χ3n) is 3.33. The highest BCUT2D eigenvalue weighted by Crippen LogP contribution is 2.23. The molecule has 0 bridgehead atoms. The van der Waals surface area contributed by atoms with Gasteiger partial charge >= 0.3 is 0 Å². The van der Waals surface area contributed by atoms with Gasteiger partial charge in [-0.25, -0.2) is 0 Å². The standard InChI is InChI=1S/C18H21NO3S/c1-4-22-12-14-10-13(8-9-17(14)21-2)18(20)19-15-6-5-7-16(11-15)23-3/h5-11H,4,12H2,1-3H3,(H,19,20). The van der Waals surface area contributed by atoms with Crippen LogP contribution in [0.4, 0.5) is 5.69 Å². The number of hydrogen-bond acceptors (Lipinski definition) is 4. The Morgan fingerprint density at radius 2 is 2.04 bits per heavy atom. The Bertz CT molecular complexity index is 673. The van der Waals surface area contributed by atoms with E-state index < -0.39 is 0 Å². The predicted molar refractivity (Wildman–Crippen MR) is 94.5 cm³/mol. The first-order chi connectivity index (χ1) is 11.2. The first-order valence-corrected chi connectivity index (χ1v) is 8.60. The van der Waals surface area contributed by atoms with Crippen LogP contribution >= 0.6 is 11.8 Å². The Kier molecular flexibility index (Phi) is 6.50. The van der Waals surface area contributed by atoms with Crippen molar-refractivity contribution >= 4 is 23.4 Å². The van der Waals surface area contributed by atoms with Gasteiger partial charge < -0.3 is 14.8 Å². The summed E-state index contributed by atoms with van der Waals surface area (Å²) in [6.45, 7) is 2.96. The van der Waals surface area contributed by atoms with E-state index in [9.17, 15) is 4.79 Å². The molecule has 0 unspecified atom stereocenters. The van der Waals surface area contributed by atoms with Gasteiger partial charge in [0.15, 0.2) is 0 Å². The fourth-order valence-electron chi connectivity index (χ4n) is 2.15. The van der Waals surface area contributed by atoms with Crippen LogP contribution in [0.25, 0.3) is 0 Å². The molecule has 2 aromatic rings. The quantitative estimate of drug-likeness (QED) is 0.772. The topological polar surface area (TPSA) is 47.6 Å². The lowest BCUT2D eigenvalue weighted by molar-refractivity contribution is 0.102. The normalized spacial score (nSPS) is 10.4. The van der Waals surface area contributed by atoms with Crippen molar-refractivity contribution in [3.63, 3.8) is 0 Å². The number of thioether (sulfide) groups is 1. The van der Waals surface area contributed by atoms with Crippen LogP contribution in [-0.4, -0.2) is 25.9 Å². The van der Waals surface area contributed by atoms with Gasteiger partial charge in [0.2, 0.25) is 0 Å². The van der Waals surface area contributed by atoms with E-state index in [-0.39, 0.29) is 5.91 Å². The Morgan fingerprint density at radius 3 is 2.74 bits per heavy atom. The molecule has 0 aliphatic heterocycles. The van der Waals surface area contributed by atoms with Crippen molar-refractivity contribution in [2.45, 2.75) is 18.4 Å². The van der Waals surface area contributed by atoms with Crippen LogP contribution in [0.2, 0.25) is 0 Å². The summed E-state index contributed by atoms with van der Waals surface area (Å²) >= 11 is 1.64. The zero-order valence-electron chi connectivity index (χ0n) is 13.6. The number of methoxy groups -OCH3 is 1. The summed E-state index contributed by atoms with van der Waals surface area (Å²) in [6, 6.07) is 13.1. The molecule has 0 saturated heterocycles. The second-order valence-electron chi connectivity index (χ2n) is 4.85. The van der Waals surface area contributed by atoms with Crippen molar-refractivity contribution in [1.82, 2.24) is 0 Å². The predicted octanol–water partition coefficient (Wildman–Crippen LogP) is 4.21. The Morgan fingerprint density at radius 1 is 1.22 bits per heavy atom. The highest BCUT2D eigenvalue weighted by atomic mass is 32.2. The minimum atomic E-state index is -0.149. The van der Waals surface area contributed by atoms with Crippen LogP contribution in [0.5, 0.6) is 5.75 Å². The molecule has 0 aliphatic rings. The van der Waals surface area contributed by atoms with Gasteiger partial charge in [0.1, 0.15) is 5.75 Å². The molecule has 1 amide bonds. The van der Waals surface area contributed by atoms with Crippen LogP contribution < -0.4 is 10.1 Å². The molecule has 1 N–H and O–H groups in total. The number of nitrogens with one attached hydrogen (secondary N) is 1. The van der Waals surface area contributed by atoms with Gasteiger partial charge in [-0.2, -0.15) is 0 Å². The van der Waals surface area contributed by atoms with E-state index in [2.05, 4.69) is 5.32 Å². The fraction of sp³-hybridized carbons (Fsp3) is 0.278. The molecule has 0 spiro atoms. The first kappa shape index (κ1) is 17.4. The van der Waals surface area contributed by atoms with Gasteiger partial charge in [-0.15, -0.1) is 11.8 Å². The van der Waals surface area contributed by atoms with E-state index in [4.69, 9.17) is 9.47 Å². The molecular weight excluding hydrogens is 310 g/mol. The molecular formula is C18H21NO3S. The number of carbonyl (C=O) groups is 1. The molecule has 0 saturated carbocycles. The number of amides is 1. The van der Waals surface area contributed by atoms with Crippen molar-refractivity contribution < 1.29 is 14.3 Å². The Hall–Kier alpha value is -1.98. The van der Waals surface area contributed by atoms with Crippen LogP contribution in [-0.2, 0) is 11.3 Å². The van der Waals surface area contributed by atoms with Crippen molar-refractivity contribution in [2.75, 3.05) is 25.3 Å². The molecule has 23 heavy (non-hydrogen) atoms. The van der Waals surface area contributed by atoms with Crippen LogP contribution in [0, 0.1) is 0 Å². The van der Waals surface area contributed by atoms with E-state index in [1.807, 2.05) is 43.5 Å². The number of carbonyl (C=O) groups excluding carboxylic acids is 1. The largest absolute Gasteiger partial charge is 0.496 e.